The molecule has 0 spiro atoms. The number of fused-ring (bicyclic) bond motifs is 1. The Hall–Kier alpha value is -2.76. The van der Waals surface area contributed by atoms with Crippen LogP contribution in [0, 0.1) is 5.41 Å². The minimum absolute atomic E-state index is 0.0870. The smallest absolute Gasteiger partial charge is 0.270 e. The van der Waals surface area contributed by atoms with Crippen LogP contribution in [0.1, 0.15) is 43.7 Å². The van der Waals surface area contributed by atoms with E-state index in [-0.39, 0.29) is 22.7 Å². The van der Waals surface area contributed by atoms with E-state index in [1.165, 1.54) is 0 Å². The molecule has 1 aromatic heterocycles. The number of aromatic nitrogens is 2. The molecule has 1 aliphatic heterocycles. The Morgan fingerprint density at radius 2 is 1.73 bits per heavy atom. The lowest BCUT2D eigenvalue weighted by atomic mass is 9.69. The molecule has 2 heterocycles. The van der Waals surface area contributed by atoms with Crippen LogP contribution in [0.15, 0.2) is 40.3 Å². The first-order valence-corrected chi connectivity index (χ1v) is 8.88. The van der Waals surface area contributed by atoms with E-state index in [1.54, 1.807) is 0 Å². The zero-order valence-corrected chi connectivity index (χ0v) is 15.6. The van der Waals surface area contributed by atoms with Crippen molar-refractivity contribution in [1.82, 2.24) is 10.2 Å². The average molecular weight is 352 g/mol. The third-order valence-corrected chi connectivity index (χ3v) is 5.33. The summed E-state index contributed by atoms with van der Waals surface area (Å²) in [6.07, 6.45) is 1.28. The maximum atomic E-state index is 13.0. The van der Waals surface area contributed by atoms with Crippen LogP contribution < -0.4 is 15.8 Å². The predicted molar refractivity (Wildman–Crippen MR) is 103 cm³/mol. The number of rotatable bonds is 2. The highest BCUT2D eigenvalue weighted by Gasteiger charge is 2.42. The number of nitrogens with one attached hydrogen (secondary N) is 3. The number of allylic oxidation sites excluding steroid dienone is 2. The molecule has 1 atom stereocenters. The van der Waals surface area contributed by atoms with Crippen LogP contribution in [-0.2, 0) is 4.79 Å². The molecule has 6 heteroatoms. The lowest BCUT2D eigenvalue weighted by Crippen LogP contribution is -2.35. The molecule has 3 N–H and O–H groups in total. The number of hydrogen-bond acceptors (Lipinski definition) is 4. The van der Waals surface area contributed by atoms with Gasteiger partial charge < -0.3 is 10.2 Å². The van der Waals surface area contributed by atoms with Gasteiger partial charge in [-0.3, -0.25) is 19.8 Å². The average Bonchev–Trinajstić information content (AvgIpc) is 2.93. The highest BCUT2D eigenvalue weighted by Crippen LogP contribution is 2.47. The molecule has 6 nitrogen and oxygen atoms in total. The SMILES string of the molecule is CN(C)c1ccc([C@H]2C3=C(CC(C)(C)CC3=O)Nc3[nH][nH]c(=O)c32)cc1. The molecule has 0 saturated carbocycles. The Labute approximate surface area is 152 Å². The second-order valence-electron chi connectivity index (χ2n) is 8.24. The number of Topliss-reactive ketones (excluding diaryl/α,β-unsaturated/α-hetero) is 1. The number of carbonyl (C=O) groups is 1. The first-order valence-electron chi connectivity index (χ1n) is 8.88. The van der Waals surface area contributed by atoms with Gasteiger partial charge in [0.1, 0.15) is 5.82 Å². The molecule has 26 heavy (non-hydrogen) atoms. The van der Waals surface area contributed by atoms with Gasteiger partial charge in [0.15, 0.2) is 5.78 Å². The van der Waals surface area contributed by atoms with E-state index >= 15 is 0 Å². The zero-order valence-electron chi connectivity index (χ0n) is 15.6. The number of carbonyl (C=O) groups excluding carboxylic acids is 1. The molecular weight excluding hydrogens is 328 g/mol. The van der Waals surface area contributed by atoms with Crippen molar-refractivity contribution in [3.63, 3.8) is 0 Å². The van der Waals surface area contributed by atoms with Gasteiger partial charge in [-0.1, -0.05) is 26.0 Å². The molecule has 0 fully saturated rings. The topological polar surface area (TPSA) is 81.0 Å². The minimum Gasteiger partial charge on any atom is -0.378 e. The first kappa shape index (κ1) is 16.7. The van der Waals surface area contributed by atoms with E-state index in [0.717, 1.165) is 28.9 Å². The third-order valence-electron chi connectivity index (χ3n) is 5.33. The summed E-state index contributed by atoms with van der Waals surface area (Å²) in [6.45, 7) is 4.21. The minimum atomic E-state index is -0.337. The largest absolute Gasteiger partial charge is 0.378 e. The monoisotopic (exact) mass is 352 g/mol. The zero-order chi connectivity index (χ0) is 18.6. The van der Waals surface area contributed by atoms with Gasteiger partial charge in [-0.05, 0) is 29.5 Å². The van der Waals surface area contributed by atoms with E-state index in [4.69, 9.17) is 0 Å². The molecule has 0 saturated heterocycles. The van der Waals surface area contributed by atoms with Crippen molar-refractivity contribution in [2.45, 2.75) is 32.6 Å². The maximum absolute atomic E-state index is 13.0. The number of aromatic amines is 2. The van der Waals surface area contributed by atoms with Crippen molar-refractivity contribution in [3.05, 3.63) is 57.0 Å². The van der Waals surface area contributed by atoms with E-state index in [0.29, 0.717) is 17.8 Å². The summed E-state index contributed by atoms with van der Waals surface area (Å²) < 4.78 is 0. The van der Waals surface area contributed by atoms with E-state index < -0.39 is 0 Å². The number of ketones is 1. The molecule has 4 rings (SSSR count). The van der Waals surface area contributed by atoms with Crippen LogP contribution in [0.2, 0.25) is 0 Å². The van der Waals surface area contributed by atoms with E-state index in [9.17, 15) is 9.59 Å². The van der Waals surface area contributed by atoms with Crippen molar-refractivity contribution < 1.29 is 4.79 Å². The second kappa shape index (κ2) is 5.62. The standard InChI is InChI=1S/C20H24N4O2/c1-20(2)9-13-16(14(25)10-20)15(17-18(21-13)22-23-19(17)26)11-5-7-12(8-6-11)24(3)4/h5-8,15H,9-10H2,1-4H3,(H3,21,22,23,26)/t15-/m0/s1. The molecule has 0 unspecified atom stereocenters. The van der Waals surface area contributed by atoms with Crippen molar-refractivity contribution in [2.24, 2.45) is 5.41 Å². The summed E-state index contributed by atoms with van der Waals surface area (Å²) in [5, 5.41) is 8.89. The summed E-state index contributed by atoms with van der Waals surface area (Å²) in [4.78, 5) is 27.5. The van der Waals surface area contributed by atoms with E-state index in [2.05, 4.69) is 29.4 Å². The van der Waals surface area contributed by atoms with Gasteiger partial charge >= 0.3 is 0 Å². The van der Waals surface area contributed by atoms with Gasteiger partial charge in [-0.25, -0.2) is 0 Å². The van der Waals surface area contributed by atoms with Crippen LogP contribution in [0.3, 0.4) is 0 Å². The summed E-state index contributed by atoms with van der Waals surface area (Å²) >= 11 is 0. The molecule has 1 aliphatic carbocycles. The van der Waals surface area contributed by atoms with Gasteiger partial charge in [-0.15, -0.1) is 0 Å². The van der Waals surface area contributed by atoms with Gasteiger partial charge in [0.05, 0.1) is 5.56 Å². The van der Waals surface area contributed by atoms with Gasteiger partial charge in [0.25, 0.3) is 5.56 Å². The van der Waals surface area contributed by atoms with Crippen LogP contribution in [-0.4, -0.2) is 30.1 Å². The number of benzene rings is 1. The molecule has 136 valence electrons. The fourth-order valence-electron chi connectivity index (χ4n) is 4.12. The lowest BCUT2D eigenvalue weighted by molar-refractivity contribution is -0.118. The van der Waals surface area contributed by atoms with Crippen molar-refractivity contribution >= 4 is 17.3 Å². The second-order valence-corrected chi connectivity index (χ2v) is 8.24. The molecule has 2 aliphatic rings. The normalized spacial score (nSPS) is 21.1. The fourth-order valence-corrected chi connectivity index (χ4v) is 4.12. The Morgan fingerprint density at radius 3 is 2.38 bits per heavy atom. The highest BCUT2D eigenvalue weighted by atomic mass is 16.1. The molecule has 2 aromatic rings. The Balaban J connectivity index is 1.89. The number of nitrogens with zero attached hydrogens (tertiary/aromatic N) is 1. The quantitative estimate of drug-likeness (QED) is 0.776. The Kier molecular flexibility index (Phi) is 3.61. The molecule has 1 aromatic carbocycles. The van der Waals surface area contributed by atoms with Crippen molar-refractivity contribution in [2.75, 3.05) is 24.3 Å². The van der Waals surface area contributed by atoms with E-state index in [1.807, 2.05) is 43.3 Å². The van der Waals surface area contributed by atoms with Crippen LogP contribution in [0.5, 0.6) is 0 Å². The summed E-state index contributed by atoms with van der Waals surface area (Å²) in [7, 11) is 3.98. The number of H-pyrrole nitrogens is 2. The van der Waals surface area contributed by atoms with Crippen LogP contribution >= 0.6 is 0 Å². The Bertz CT molecular complexity index is 960. The summed E-state index contributed by atoms with van der Waals surface area (Å²) in [6, 6.07) is 8.07. The van der Waals surface area contributed by atoms with Gasteiger partial charge in [0.2, 0.25) is 0 Å². The highest BCUT2D eigenvalue weighted by molar-refractivity contribution is 6.01. The molecule has 0 radical (unpaired) electrons. The summed E-state index contributed by atoms with van der Waals surface area (Å²) in [5.74, 6) is 0.452. The third kappa shape index (κ3) is 2.57. The van der Waals surface area contributed by atoms with Gasteiger partial charge in [0, 0.05) is 43.4 Å². The summed E-state index contributed by atoms with van der Waals surface area (Å²) in [5.41, 5.74) is 4.03. The van der Waals surface area contributed by atoms with Crippen LogP contribution in [0.25, 0.3) is 0 Å². The van der Waals surface area contributed by atoms with Crippen molar-refractivity contribution in [3.8, 4) is 0 Å². The van der Waals surface area contributed by atoms with Crippen LogP contribution in [0.4, 0.5) is 11.5 Å². The lowest BCUT2D eigenvalue weighted by Gasteiger charge is -2.37. The molecular formula is C20H24N4O2. The first-order chi connectivity index (χ1) is 12.3. The molecule has 0 amide bonds. The van der Waals surface area contributed by atoms with Gasteiger partial charge in [-0.2, -0.15) is 0 Å². The number of anilines is 2. The van der Waals surface area contributed by atoms with Crippen molar-refractivity contribution in [1.29, 1.82) is 0 Å². The fraction of sp³-hybridized carbons (Fsp3) is 0.400. The number of hydrogen-bond donors (Lipinski definition) is 3. The Morgan fingerprint density at radius 1 is 1.04 bits per heavy atom. The maximum Gasteiger partial charge on any atom is 0.270 e. The predicted octanol–water partition coefficient (Wildman–Crippen LogP) is 2.97. The molecule has 0 bridgehead atoms.